The summed E-state index contributed by atoms with van der Waals surface area (Å²) in [5.74, 6) is -0.481. The van der Waals surface area contributed by atoms with Crippen LogP contribution in [0.4, 0.5) is 11.4 Å². The Morgan fingerprint density at radius 2 is 1.43 bits per heavy atom. The molecule has 0 saturated carbocycles. The van der Waals surface area contributed by atoms with E-state index in [1.165, 1.54) is 30.5 Å². The third kappa shape index (κ3) is 5.77. The zero-order valence-electron chi connectivity index (χ0n) is 18.9. The number of benzene rings is 3. The van der Waals surface area contributed by atoms with Crippen molar-refractivity contribution in [3.63, 3.8) is 0 Å². The fraction of sp³-hybridized carbons (Fsp3) is 0.0769. The van der Waals surface area contributed by atoms with Crippen molar-refractivity contribution in [3.05, 3.63) is 108 Å². The predicted molar refractivity (Wildman–Crippen MR) is 131 cm³/mol. The summed E-state index contributed by atoms with van der Waals surface area (Å²) in [5.41, 5.74) is 2.76. The lowest BCUT2D eigenvalue weighted by Gasteiger charge is -2.11. The number of carbonyl (C=O) groups is 2. The highest BCUT2D eigenvalue weighted by molar-refractivity contribution is 7.87. The number of aryl methyl sites for hydroxylation is 2. The van der Waals surface area contributed by atoms with E-state index in [9.17, 15) is 18.0 Å². The zero-order chi connectivity index (χ0) is 25.0. The van der Waals surface area contributed by atoms with Gasteiger partial charge in [-0.3, -0.25) is 9.59 Å². The smallest absolute Gasteiger partial charge is 0.339 e. The van der Waals surface area contributed by atoms with Crippen LogP contribution in [0.1, 0.15) is 32.0 Å². The number of amides is 2. The van der Waals surface area contributed by atoms with Gasteiger partial charge in [0, 0.05) is 16.9 Å². The Hall–Kier alpha value is -4.37. The first-order valence-electron chi connectivity index (χ1n) is 10.6. The third-order valence-corrected chi connectivity index (χ3v) is 6.47. The lowest BCUT2D eigenvalue weighted by Crippen LogP contribution is -2.13. The van der Waals surface area contributed by atoms with Crippen LogP contribution in [0.15, 0.2) is 94.4 Å². The molecule has 0 bridgehead atoms. The fourth-order valence-corrected chi connectivity index (χ4v) is 4.50. The van der Waals surface area contributed by atoms with Gasteiger partial charge in [-0.15, -0.1) is 0 Å². The van der Waals surface area contributed by atoms with Crippen molar-refractivity contribution in [1.82, 2.24) is 0 Å². The average molecular weight is 491 g/mol. The SMILES string of the molecule is Cc1ccc(C)c(S(=O)(=O)Oc2ccc(C(=O)Nc3ccc(NC(=O)c4ccco4)cc3)cc2)c1. The van der Waals surface area contributed by atoms with Gasteiger partial charge in [0.25, 0.3) is 11.8 Å². The number of nitrogens with one attached hydrogen (secondary N) is 2. The fourth-order valence-electron chi connectivity index (χ4n) is 3.25. The summed E-state index contributed by atoms with van der Waals surface area (Å²) in [6.45, 7) is 3.50. The minimum Gasteiger partial charge on any atom is -0.459 e. The molecule has 4 rings (SSSR count). The number of hydrogen-bond donors (Lipinski definition) is 2. The Balaban J connectivity index is 1.38. The molecule has 4 aromatic rings. The highest BCUT2D eigenvalue weighted by atomic mass is 32.2. The number of furan rings is 1. The van der Waals surface area contributed by atoms with Crippen LogP contribution in [0.5, 0.6) is 5.75 Å². The van der Waals surface area contributed by atoms with E-state index in [1.807, 2.05) is 6.07 Å². The molecule has 0 spiro atoms. The van der Waals surface area contributed by atoms with Gasteiger partial charge < -0.3 is 19.2 Å². The van der Waals surface area contributed by atoms with Crippen molar-refractivity contribution in [2.45, 2.75) is 18.7 Å². The molecule has 0 radical (unpaired) electrons. The Morgan fingerprint density at radius 3 is 2.03 bits per heavy atom. The van der Waals surface area contributed by atoms with Crippen molar-refractivity contribution in [2.24, 2.45) is 0 Å². The second-order valence-corrected chi connectivity index (χ2v) is 9.31. The van der Waals surface area contributed by atoms with Crippen LogP contribution >= 0.6 is 0 Å². The van der Waals surface area contributed by atoms with Gasteiger partial charge in [-0.1, -0.05) is 12.1 Å². The molecule has 8 nitrogen and oxygen atoms in total. The van der Waals surface area contributed by atoms with E-state index in [2.05, 4.69) is 10.6 Å². The summed E-state index contributed by atoms with van der Waals surface area (Å²) >= 11 is 0. The van der Waals surface area contributed by atoms with Gasteiger partial charge in [0.1, 0.15) is 10.6 Å². The first kappa shape index (κ1) is 23.8. The zero-order valence-corrected chi connectivity index (χ0v) is 19.8. The van der Waals surface area contributed by atoms with E-state index in [4.69, 9.17) is 8.60 Å². The minimum absolute atomic E-state index is 0.0964. The highest BCUT2D eigenvalue weighted by Gasteiger charge is 2.20. The first-order chi connectivity index (χ1) is 16.7. The van der Waals surface area contributed by atoms with Crippen LogP contribution in [0.25, 0.3) is 0 Å². The molecule has 3 aromatic carbocycles. The van der Waals surface area contributed by atoms with E-state index in [1.54, 1.807) is 62.4 Å². The van der Waals surface area contributed by atoms with Crippen molar-refractivity contribution in [2.75, 3.05) is 10.6 Å². The Morgan fingerprint density at radius 1 is 0.800 bits per heavy atom. The van der Waals surface area contributed by atoms with Gasteiger partial charge in [-0.05, 0) is 91.7 Å². The summed E-state index contributed by atoms with van der Waals surface area (Å²) in [5, 5.41) is 5.44. The lowest BCUT2D eigenvalue weighted by molar-refractivity contribution is 0.0994. The number of hydrogen-bond acceptors (Lipinski definition) is 6. The Bertz CT molecular complexity index is 1460. The van der Waals surface area contributed by atoms with E-state index >= 15 is 0 Å². The van der Waals surface area contributed by atoms with Gasteiger partial charge in [-0.2, -0.15) is 8.42 Å². The molecular formula is C26H22N2O6S. The third-order valence-electron chi connectivity index (χ3n) is 5.08. The van der Waals surface area contributed by atoms with Gasteiger partial charge in [0.2, 0.25) is 0 Å². The molecule has 0 unspecified atom stereocenters. The molecule has 178 valence electrons. The number of carbonyl (C=O) groups excluding carboxylic acids is 2. The molecule has 9 heteroatoms. The molecule has 0 aliphatic carbocycles. The van der Waals surface area contributed by atoms with E-state index in [0.717, 1.165) is 5.56 Å². The van der Waals surface area contributed by atoms with E-state index in [-0.39, 0.29) is 28.2 Å². The Labute approximate surface area is 202 Å². The topological polar surface area (TPSA) is 115 Å². The average Bonchev–Trinajstić information content (AvgIpc) is 3.37. The van der Waals surface area contributed by atoms with Gasteiger partial charge >= 0.3 is 10.1 Å². The quantitative estimate of drug-likeness (QED) is 0.346. The van der Waals surface area contributed by atoms with Crippen LogP contribution in [-0.4, -0.2) is 20.2 Å². The molecule has 2 amide bonds. The normalized spacial score (nSPS) is 11.0. The molecule has 0 atom stereocenters. The van der Waals surface area contributed by atoms with E-state index < -0.39 is 10.1 Å². The van der Waals surface area contributed by atoms with Crippen LogP contribution in [0, 0.1) is 13.8 Å². The van der Waals surface area contributed by atoms with Gasteiger partial charge in [0.05, 0.1) is 6.26 Å². The number of anilines is 2. The standard InChI is InChI=1S/C26H22N2O6S/c1-17-5-6-18(2)24(16-17)35(31,32)34-22-13-7-19(8-14-22)25(29)27-20-9-11-21(12-10-20)28-26(30)23-4-3-15-33-23/h3-16H,1-2H3,(H,27,29)(H,28,30). The second kappa shape index (κ2) is 9.86. The van der Waals surface area contributed by atoms with Gasteiger partial charge in [0.15, 0.2) is 5.76 Å². The minimum atomic E-state index is -4.01. The summed E-state index contributed by atoms with van der Waals surface area (Å²) < 4.78 is 35.6. The maximum absolute atomic E-state index is 12.7. The lowest BCUT2D eigenvalue weighted by atomic mass is 10.2. The monoisotopic (exact) mass is 490 g/mol. The van der Waals surface area contributed by atoms with Crippen molar-refractivity contribution >= 4 is 33.3 Å². The van der Waals surface area contributed by atoms with Crippen molar-refractivity contribution in [1.29, 1.82) is 0 Å². The molecule has 2 N–H and O–H groups in total. The van der Waals surface area contributed by atoms with Crippen LogP contribution < -0.4 is 14.8 Å². The molecule has 0 aliphatic rings. The molecule has 1 heterocycles. The van der Waals surface area contributed by atoms with E-state index in [0.29, 0.717) is 22.5 Å². The van der Waals surface area contributed by atoms with Crippen LogP contribution in [-0.2, 0) is 10.1 Å². The molecule has 0 saturated heterocycles. The predicted octanol–water partition coefficient (Wildman–Crippen LogP) is 5.17. The summed E-state index contributed by atoms with van der Waals surface area (Å²) in [6.07, 6.45) is 1.41. The van der Waals surface area contributed by atoms with Crippen LogP contribution in [0.2, 0.25) is 0 Å². The molecule has 0 fully saturated rings. The number of rotatable bonds is 7. The van der Waals surface area contributed by atoms with Gasteiger partial charge in [-0.25, -0.2) is 0 Å². The largest absolute Gasteiger partial charge is 0.459 e. The summed E-state index contributed by atoms with van der Waals surface area (Å²) in [4.78, 5) is 24.7. The summed E-state index contributed by atoms with van der Waals surface area (Å²) in [6, 6.07) is 20.6. The van der Waals surface area contributed by atoms with Crippen LogP contribution in [0.3, 0.4) is 0 Å². The second-order valence-electron chi connectivity index (χ2n) is 7.79. The highest BCUT2D eigenvalue weighted by Crippen LogP contribution is 2.23. The first-order valence-corrected chi connectivity index (χ1v) is 12.0. The van der Waals surface area contributed by atoms with Crippen molar-refractivity contribution in [3.8, 4) is 5.75 Å². The van der Waals surface area contributed by atoms with Crippen molar-refractivity contribution < 1.29 is 26.6 Å². The molecular weight excluding hydrogens is 468 g/mol. The molecule has 35 heavy (non-hydrogen) atoms. The molecule has 1 aromatic heterocycles. The maximum Gasteiger partial charge on any atom is 0.339 e. The Kier molecular flexibility index (Phi) is 6.70. The summed E-state index contributed by atoms with van der Waals surface area (Å²) in [7, 11) is -4.01. The maximum atomic E-state index is 12.7. The molecule has 0 aliphatic heterocycles.